The van der Waals surface area contributed by atoms with E-state index in [0.717, 1.165) is 11.3 Å². The van der Waals surface area contributed by atoms with E-state index in [2.05, 4.69) is 10.4 Å². The van der Waals surface area contributed by atoms with Gasteiger partial charge in [-0.05, 0) is 19.1 Å². The van der Waals surface area contributed by atoms with Gasteiger partial charge in [0, 0.05) is 18.8 Å². The van der Waals surface area contributed by atoms with Crippen molar-refractivity contribution < 1.29 is 0 Å². The Balaban J connectivity index is 2.21. The minimum absolute atomic E-state index is 0.0773. The molecule has 1 heterocycles. The summed E-state index contributed by atoms with van der Waals surface area (Å²) < 4.78 is 1.75. The molecule has 0 saturated carbocycles. The highest BCUT2D eigenvalue weighted by molar-refractivity contribution is 6.44. The van der Waals surface area contributed by atoms with Gasteiger partial charge < -0.3 is 5.32 Å². The molecule has 0 fully saturated rings. The Hall–Kier alpha value is -0.900. The lowest BCUT2D eigenvalue weighted by Gasteiger charge is -2.15. The second kappa shape index (κ2) is 5.39. The van der Waals surface area contributed by atoms with Crippen molar-refractivity contribution in [3.05, 3.63) is 45.2 Å². The Morgan fingerprint density at radius 2 is 1.83 bits per heavy atom. The summed E-state index contributed by atoms with van der Waals surface area (Å²) >= 11 is 18.0. The largest absolute Gasteiger partial charge is 0.377 e. The van der Waals surface area contributed by atoms with Crippen molar-refractivity contribution in [1.29, 1.82) is 0 Å². The highest BCUT2D eigenvalue weighted by Gasteiger charge is 2.11. The predicted octanol–water partition coefficient (Wildman–Crippen LogP) is 4.55. The number of halogens is 3. The normalized spacial score (nSPS) is 12.5. The van der Waals surface area contributed by atoms with E-state index in [-0.39, 0.29) is 6.04 Å². The summed E-state index contributed by atoms with van der Waals surface area (Å²) in [6, 6.07) is 3.43. The number of benzene rings is 1. The molecule has 0 aliphatic carbocycles. The van der Waals surface area contributed by atoms with E-state index in [4.69, 9.17) is 34.8 Å². The van der Waals surface area contributed by atoms with Crippen molar-refractivity contribution in [3.8, 4) is 0 Å². The zero-order valence-corrected chi connectivity index (χ0v) is 12.2. The van der Waals surface area contributed by atoms with Crippen molar-refractivity contribution >= 4 is 40.5 Å². The second-order valence-corrected chi connectivity index (χ2v) is 5.28. The SMILES string of the molecule is CC(Nc1cc(Cl)c(Cl)cc1Cl)c1cnn(C)c1. The molecule has 2 rings (SSSR count). The van der Waals surface area contributed by atoms with E-state index in [0.29, 0.717) is 15.1 Å². The zero-order chi connectivity index (χ0) is 13.3. The van der Waals surface area contributed by atoms with Gasteiger partial charge in [0.15, 0.2) is 0 Å². The molecule has 1 aromatic heterocycles. The molecule has 0 radical (unpaired) electrons. The van der Waals surface area contributed by atoms with Crippen LogP contribution in [-0.4, -0.2) is 9.78 Å². The number of rotatable bonds is 3. The van der Waals surface area contributed by atoms with Crippen LogP contribution in [-0.2, 0) is 7.05 Å². The van der Waals surface area contributed by atoms with Gasteiger partial charge in [0.2, 0.25) is 0 Å². The molecule has 0 aliphatic heterocycles. The van der Waals surface area contributed by atoms with Gasteiger partial charge in [0.1, 0.15) is 0 Å². The lowest BCUT2D eigenvalue weighted by atomic mass is 10.2. The molecule has 1 N–H and O–H groups in total. The first kappa shape index (κ1) is 13.5. The van der Waals surface area contributed by atoms with E-state index < -0.39 is 0 Å². The van der Waals surface area contributed by atoms with Gasteiger partial charge in [-0.25, -0.2) is 0 Å². The first-order valence-electron chi connectivity index (χ1n) is 5.37. The van der Waals surface area contributed by atoms with Crippen molar-refractivity contribution in [2.45, 2.75) is 13.0 Å². The highest BCUT2D eigenvalue weighted by Crippen LogP contribution is 2.33. The van der Waals surface area contributed by atoms with Gasteiger partial charge in [0.05, 0.1) is 33.0 Å². The summed E-state index contributed by atoms with van der Waals surface area (Å²) in [5, 5.41) is 8.87. The lowest BCUT2D eigenvalue weighted by molar-refractivity contribution is 0.765. The van der Waals surface area contributed by atoms with Gasteiger partial charge in [-0.15, -0.1) is 0 Å². The number of hydrogen-bond donors (Lipinski definition) is 1. The number of aryl methyl sites for hydroxylation is 1. The quantitative estimate of drug-likeness (QED) is 0.843. The van der Waals surface area contributed by atoms with Gasteiger partial charge in [-0.3, -0.25) is 4.68 Å². The molecule has 0 spiro atoms. The molecule has 0 bridgehead atoms. The Kier molecular flexibility index (Phi) is 4.05. The maximum atomic E-state index is 6.11. The monoisotopic (exact) mass is 303 g/mol. The molecule has 18 heavy (non-hydrogen) atoms. The third-order valence-electron chi connectivity index (χ3n) is 2.61. The summed E-state index contributed by atoms with van der Waals surface area (Å²) in [6.07, 6.45) is 3.76. The summed E-state index contributed by atoms with van der Waals surface area (Å²) in [6.45, 7) is 2.02. The summed E-state index contributed by atoms with van der Waals surface area (Å²) in [4.78, 5) is 0. The summed E-state index contributed by atoms with van der Waals surface area (Å²) in [5.41, 5.74) is 1.82. The van der Waals surface area contributed by atoms with E-state index in [1.165, 1.54) is 0 Å². The Bertz CT molecular complexity index is 566. The van der Waals surface area contributed by atoms with Crippen LogP contribution in [0.15, 0.2) is 24.5 Å². The molecule has 6 heteroatoms. The van der Waals surface area contributed by atoms with E-state index in [9.17, 15) is 0 Å². The lowest BCUT2D eigenvalue weighted by Crippen LogP contribution is -2.06. The van der Waals surface area contributed by atoms with Crippen LogP contribution in [0.1, 0.15) is 18.5 Å². The standard InChI is InChI=1S/C12H12Cl3N3/c1-7(8-5-16-18(2)6-8)17-12-4-10(14)9(13)3-11(12)15/h3-7,17H,1-2H3. The van der Waals surface area contributed by atoms with Gasteiger partial charge in [-0.1, -0.05) is 34.8 Å². The van der Waals surface area contributed by atoms with E-state index in [1.807, 2.05) is 26.4 Å². The van der Waals surface area contributed by atoms with Crippen molar-refractivity contribution in [3.63, 3.8) is 0 Å². The summed E-state index contributed by atoms with van der Waals surface area (Å²) in [7, 11) is 1.88. The third kappa shape index (κ3) is 2.91. The Labute approximate surface area is 121 Å². The average molecular weight is 305 g/mol. The van der Waals surface area contributed by atoms with Crippen LogP contribution in [0, 0.1) is 0 Å². The molecular weight excluding hydrogens is 293 g/mol. The Morgan fingerprint density at radius 3 is 2.44 bits per heavy atom. The highest BCUT2D eigenvalue weighted by atomic mass is 35.5. The van der Waals surface area contributed by atoms with Crippen molar-refractivity contribution in [2.24, 2.45) is 7.05 Å². The van der Waals surface area contributed by atoms with Crippen molar-refractivity contribution in [2.75, 3.05) is 5.32 Å². The van der Waals surface area contributed by atoms with Gasteiger partial charge >= 0.3 is 0 Å². The van der Waals surface area contributed by atoms with Crippen LogP contribution >= 0.6 is 34.8 Å². The molecule has 3 nitrogen and oxygen atoms in total. The number of aromatic nitrogens is 2. The number of nitrogens with zero attached hydrogens (tertiary/aromatic N) is 2. The Morgan fingerprint density at radius 1 is 1.17 bits per heavy atom. The van der Waals surface area contributed by atoms with Crippen LogP contribution in [0.3, 0.4) is 0 Å². The van der Waals surface area contributed by atoms with Crippen molar-refractivity contribution in [1.82, 2.24) is 9.78 Å². The minimum atomic E-state index is 0.0773. The first-order chi connectivity index (χ1) is 8.47. The smallest absolute Gasteiger partial charge is 0.0653 e. The van der Waals surface area contributed by atoms with Gasteiger partial charge in [-0.2, -0.15) is 5.10 Å². The zero-order valence-electron chi connectivity index (χ0n) is 9.92. The molecule has 0 aliphatic rings. The molecule has 96 valence electrons. The molecule has 2 aromatic rings. The van der Waals surface area contributed by atoms with Crippen LogP contribution < -0.4 is 5.32 Å². The number of hydrogen-bond acceptors (Lipinski definition) is 2. The third-order valence-corrected chi connectivity index (χ3v) is 3.64. The molecule has 1 aromatic carbocycles. The molecule has 1 atom stereocenters. The molecular formula is C12H12Cl3N3. The fraction of sp³-hybridized carbons (Fsp3) is 0.250. The van der Waals surface area contributed by atoms with Crippen LogP contribution in [0.2, 0.25) is 15.1 Å². The van der Waals surface area contributed by atoms with Crippen LogP contribution in [0.25, 0.3) is 0 Å². The molecule has 1 unspecified atom stereocenters. The van der Waals surface area contributed by atoms with E-state index >= 15 is 0 Å². The summed E-state index contributed by atoms with van der Waals surface area (Å²) in [5.74, 6) is 0. The average Bonchev–Trinajstić information content (AvgIpc) is 2.73. The second-order valence-electron chi connectivity index (χ2n) is 4.06. The van der Waals surface area contributed by atoms with Crippen LogP contribution in [0.4, 0.5) is 5.69 Å². The minimum Gasteiger partial charge on any atom is -0.377 e. The predicted molar refractivity (Wildman–Crippen MR) is 76.7 cm³/mol. The fourth-order valence-corrected chi connectivity index (χ4v) is 2.21. The maximum absolute atomic E-state index is 6.11. The van der Waals surface area contributed by atoms with Crippen LogP contribution in [0.5, 0.6) is 0 Å². The number of anilines is 1. The number of nitrogens with one attached hydrogen (secondary N) is 1. The first-order valence-corrected chi connectivity index (χ1v) is 6.50. The molecule has 0 saturated heterocycles. The molecule has 0 amide bonds. The topological polar surface area (TPSA) is 29.9 Å². The maximum Gasteiger partial charge on any atom is 0.0653 e. The van der Waals surface area contributed by atoms with Gasteiger partial charge in [0.25, 0.3) is 0 Å². The van der Waals surface area contributed by atoms with E-state index in [1.54, 1.807) is 16.8 Å². The fourth-order valence-electron chi connectivity index (χ4n) is 1.61.